The van der Waals surface area contributed by atoms with Crippen LogP contribution in [0.15, 0.2) is 151 Å². The predicted molar refractivity (Wildman–Crippen MR) is 172 cm³/mol. The zero-order valence-electron chi connectivity index (χ0n) is 22.6. The Morgan fingerprint density at radius 2 is 0.881 bits per heavy atom. The number of aromatic nitrogens is 3. The number of rotatable bonds is 5. The lowest BCUT2D eigenvalue weighted by Gasteiger charge is -2.15. The maximum atomic E-state index is 5.01. The Balaban J connectivity index is 1.38. The quantitative estimate of drug-likeness (QED) is 0.206. The first-order chi connectivity index (χ1) is 20.8. The Bertz CT molecular complexity index is 2120. The topological polar surface area (TPSA) is 51.0 Å². The van der Waals surface area contributed by atoms with Crippen LogP contribution >= 0.6 is 0 Å². The second-order valence-electron chi connectivity index (χ2n) is 10.4. The highest BCUT2D eigenvalue weighted by Gasteiger charge is 2.17. The molecule has 0 N–H and O–H groups in total. The van der Waals surface area contributed by atoms with Crippen LogP contribution in [0.25, 0.3) is 66.8 Å². The zero-order chi connectivity index (χ0) is 27.9. The number of nitrogens with zero attached hydrogens (tertiary/aromatic N) is 4. The highest BCUT2D eigenvalue weighted by atomic mass is 15.0. The van der Waals surface area contributed by atoms with Gasteiger partial charge in [-0.15, -0.1) is 0 Å². The second kappa shape index (κ2) is 10.0. The first-order valence-electron chi connectivity index (χ1n) is 14.0. The van der Waals surface area contributed by atoms with E-state index in [1.807, 2.05) is 72.9 Å². The van der Waals surface area contributed by atoms with E-state index in [0.29, 0.717) is 17.5 Å². The minimum Gasteiger partial charge on any atom is -0.256 e. The summed E-state index contributed by atoms with van der Waals surface area (Å²) in [6, 6.07) is 46.2. The largest absolute Gasteiger partial charge is 0.256 e. The molecule has 0 saturated heterocycles. The molecule has 0 aliphatic carbocycles. The molecule has 0 spiro atoms. The number of allylic oxidation sites excluding steroid dienone is 1. The molecule has 7 aromatic rings. The second-order valence-corrected chi connectivity index (χ2v) is 10.4. The minimum absolute atomic E-state index is 0.625. The van der Waals surface area contributed by atoms with E-state index in [1.54, 1.807) is 0 Å². The summed E-state index contributed by atoms with van der Waals surface area (Å²) in [5.74, 6) is 1.91. The average molecular weight is 537 g/mol. The van der Waals surface area contributed by atoms with Gasteiger partial charge in [0.25, 0.3) is 0 Å². The standard InChI is InChI=1S/C38H24N4/c1-3-11-25(12-4-1)36-40-37(26-13-5-2-6-14-26)42-38(41-36)30-22-28(21-29(23-30)35-19-20-39-35)34-24-27-15-7-8-16-31(27)32-17-9-10-18-33(32)34/h1-24H. The maximum Gasteiger partial charge on any atom is 0.164 e. The summed E-state index contributed by atoms with van der Waals surface area (Å²) in [6.45, 7) is 0. The molecule has 0 amide bonds. The Kier molecular flexibility index (Phi) is 5.75. The fourth-order valence-corrected chi connectivity index (χ4v) is 5.61. The fraction of sp³-hybridized carbons (Fsp3) is 0. The summed E-state index contributed by atoms with van der Waals surface area (Å²) in [6.07, 6.45) is 3.87. The van der Waals surface area contributed by atoms with Crippen LogP contribution < -0.4 is 0 Å². The summed E-state index contributed by atoms with van der Waals surface area (Å²) in [4.78, 5) is 19.4. The molecule has 196 valence electrons. The van der Waals surface area contributed by atoms with Crippen LogP contribution in [0.5, 0.6) is 0 Å². The molecule has 8 rings (SSSR count). The summed E-state index contributed by atoms with van der Waals surface area (Å²) in [7, 11) is 0. The Morgan fingerprint density at radius 1 is 0.381 bits per heavy atom. The molecular weight excluding hydrogens is 512 g/mol. The molecule has 1 aliphatic rings. The van der Waals surface area contributed by atoms with Gasteiger partial charge in [0.05, 0.1) is 5.71 Å². The zero-order valence-corrected chi connectivity index (χ0v) is 22.6. The van der Waals surface area contributed by atoms with Crippen molar-refractivity contribution in [1.82, 2.24) is 15.0 Å². The molecule has 0 atom stereocenters. The van der Waals surface area contributed by atoms with Crippen molar-refractivity contribution in [2.24, 2.45) is 4.99 Å². The van der Waals surface area contributed by atoms with Crippen LogP contribution in [0, 0.1) is 0 Å². The van der Waals surface area contributed by atoms with Gasteiger partial charge in [-0.2, -0.15) is 0 Å². The first-order valence-corrected chi connectivity index (χ1v) is 14.0. The Hall–Kier alpha value is -5.74. The monoisotopic (exact) mass is 536 g/mol. The minimum atomic E-state index is 0.625. The molecule has 1 aromatic heterocycles. The highest BCUT2D eigenvalue weighted by Crippen LogP contribution is 2.37. The van der Waals surface area contributed by atoms with Gasteiger partial charge in [0.2, 0.25) is 0 Å². The van der Waals surface area contributed by atoms with E-state index in [2.05, 4.69) is 77.8 Å². The average Bonchev–Trinajstić information content (AvgIpc) is 3.04. The molecule has 0 radical (unpaired) electrons. The van der Waals surface area contributed by atoms with Gasteiger partial charge in [-0.1, -0.05) is 109 Å². The lowest BCUT2D eigenvalue weighted by atomic mass is 9.90. The van der Waals surface area contributed by atoms with Gasteiger partial charge in [0.15, 0.2) is 17.5 Å². The van der Waals surface area contributed by atoms with Crippen molar-refractivity contribution >= 4 is 27.3 Å². The first kappa shape index (κ1) is 24.1. The van der Waals surface area contributed by atoms with Crippen molar-refractivity contribution in [1.29, 1.82) is 0 Å². The van der Waals surface area contributed by atoms with E-state index in [-0.39, 0.29) is 0 Å². The molecule has 42 heavy (non-hydrogen) atoms. The van der Waals surface area contributed by atoms with Crippen molar-refractivity contribution in [2.45, 2.75) is 0 Å². The van der Waals surface area contributed by atoms with Gasteiger partial charge in [-0.3, -0.25) is 4.99 Å². The summed E-state index contributed by atoms with van der Waals surface area (Å²) < 4.78 is 0. The van der Waals surface area contributed by atoms with Crippen molar-refractivity contribution < 1.29 is 0 Å². The number of benzene rings is 6. The van der Waals surface area contributed by atoms with Gasteiger partial charge < -0.3 is 0 Å². The summed E-state index contributed by atoms with van der Waals surface area (Å²) >= 11 is 0. The number of fused-ring (bicyclic) bond motifs is 3. The van der Waals surface area contributed by atoms with Gasteiger partial charge in [-0.25, -0.2) is 15.0 Å². The molecule has 1 aliphatic heterocycles. The molecule has 6 aromatic carbocycles. The van der Waals surface area contributed by atoms with E-state index in [0.717, 1.165) is 39.1 Å². The van der Waals surface area contributed by atoms with E-state index >= 15 is 0 Å². The summed E-state index contributed by atoms with van der Waals surface area (Å²) in [5, 5.41) is 4.89. The van der Waals surface area contributed by atoms with Crippen molar-refractivity contribution in [3.05, 3.63) is 151 Å². The maximum absolute atomic E-state index is 5.01. The van der Waals surface area contributed by atoms with Gasteiger partial charge >= 0.3 is 0 Å². The SMILES string of the molecule is C1=CC(c2cc(-c3nc(-c4ccccc4)nc(-c4ccccc4)n3)cc(-c3cc4ccccc4c4ccccc34)c2)=N1. The van der Waals surface area contributed by atoms with Gasteiger partial charge in [-0.05, 0) is 63.0 Å². The smallest absolute Gasteiger partial charge is 0.164 e. The Labute approximate surface area is 243 Å². The van der Waals surface area contributed by atoms with Crippen molar-refractivity contribution in [3.8, 4) is 45.3 Å². The molecule has 0 fully saturated rings. The number of hydrogen-bond acceptors (Lipinski definition) is 4. The molecule has 4 heteroatoms. The third kappa shape index (κ3) is 4.27. The van der Waals surface area contributed by atoms with Crippen LogP contribution in [-0.2, 0) is 0 Å². The third-order valence-electron chi connectivity index (χ3n) is 7.71. The van der Waals surface area contributed by atoms with Gasteiger partial charge in [0, 0.05) is 28.5 Å². The van der Waals surface area contributed by atoms with Crippen LogP contribution in [0.1, 0.15) is 5.56 Å². The fourth-order valence-electron chi connectivity index (χ4n) is 5.61. The lowest BCUT2D eigenvalue weighted by Crippen LogP contribution is -2.04. The molecule has 0 saturated carbocycles. The molecule has 2 heterocycles. The van der Waals surface area contributed by atoms with E-state index in [4.69, 9.17) is 15.0 Å². The third-order valence-corrected chi connectivity index (χ3v) is 7.71. The van der Waals surface area contributed by atoms with Crippen LogP contribution in [0.2, 0.25) is 0 Å². The van der Waals surface area contributed by atoms with E-state index in [1.165, 1.54) is 21.5 Å². The summed E-state index contributed by atoms with van der Waals surface area (Å²) in [5.41, 5.74) is 7.05. The number of hydrogen-bond donors (Lipinski definition) is 0. The normalized spacial score (nSPS) is 12.3. The number of aliphatic imine (C=N–C) groups is 1. The highest BCUT2D eigenvalue weighted by molar-refractivity contribution is 6.16. The molecule has 4 nitrogen and oxygen atoms in total. The Morgan fingerprint density at radius 3 is 1.50 bits per heavy atom. The van der Waals surface area contributed by atoms with Crippen molar-refractivity contribution in [3.63, 3.8) is 0 Å². The van der Waals surface area contributed by atoms with Crippen LogP contribution in [-0.4, -0.2) is 20.7 Å². The van der Waals surface area contributed by atoms with Crippen LogP contribution in [0.4, 0.5) is 0 Å². The lowest BCUT2D eigenvalue weighted by molar-refractivity contribution is 1.07. The molecule has 0 unspecified atom stereocenters. The van der Waals surface area contributed by atoms with Crippen molar-refractivity contribution in [2.75, 3.05) is 0 Å². The predicted octanol–water partition coefficient (Wildman–Crippen LogP) is 9.16. The molecule has 0 bridgehead atoms. The van der Waals surface area contributed by atoms with Crippen LogP contribution in [0.3, 0.4) is 0 Å². The van der Waals surface area contributed by atoms with Gasteiger partial charge in [0.1, 0.15) is 0 Å². The van der Waals surface area contributed by atoms with E-state index in [9.17, 15) is 0 Å². The molecular formula is C38H24N4. The van der Waals surface area contributed by atoms with E-state index < -0.39 is 0 Å².